The molecule has 1 fully saturated rings. The number of allylic oxidation sites excluding steroid dienone is 1. The molecule has 2 heterocycles. The Kier molecular flexibility index (Phi) is 5.07. The molecule has 1 aliphatic rings. The van der Waals surface area contributed by atoms with Crippen molar-refractivity contribution in [2.45, 2.75) is 5.92 Å². The third-order valence-electron chi connectivity index (χ3n) is 3.48. The number of aromatic nitrogens is 1. The molecule has 5 nitrogen and oxygen atoms in total. The Hall–Kier alpha value is -1.64. The normalized spacial score (nSPS) is 19.1. The van der Waals surface area contributed by atoms with Crippen molar-refractivity contribution in [2.75, 3.05) is 14.2 Å². The Labute approximate surface area is 155 Å². The number of carbonyl (C=O) groups excluding carboxylic acids is 1. The Bertz CT molecular complexity index is 834. The molecule has 1 saturated heterocycles. The number of nitrogens with one attached hydrogen (secondary N) is 1. The van der Waals surface area contributed by atoms with Gasteiger partial charge in [0.2, 0.25) is 0 Å². The highest BCUT2D eigenvalue weighted by molar-refractivity contribution is 9.10. The number of carbonyl (C=O) groups is 1. The number of nitrogens with zero attached hydrogens (tertiary/aromatic N) is 1. The Morgan fingerprint density at radius 3 is 2.67 bits per heavy atom. The molecule has 1 aromatic carbocycles. The number of rotatable bonds is 4. The number of Topliss-reactive ketones (excluding diaryl/α,β-unsaturated/α-hetero) is 1. The van der Waals surface area contributed by atoms with Crippen LogP contribution in [0.4, 0.5) is 0 Å². The van der Waals surface area contributed by atoms with Gasteiger partial charge < -0.3 is 9.47 Å². The van der Waals surface area contributed by atoms with Crippen molar-refractivity contribution in [3.05, 3.63) is 43.7 Å². The maximum Gasteiger partial charge on any atom is 0.186 e. The predicted molar refractivity (Wildman–Crippen MR) is 100 cm³/mol. The molecule has 1 N–H and O–H groups in total. The van der Waals surface area contributed by atoms with Gasteiger partial charge >= 0.3 is 0 Å². The van der Waals surface area contributed by atoms with Gasteiger partial charge in [-0.25, -0.2) is 4.98 Å². The van der Waals surface area contributed by atoms with Crippen molar-refractivity contribution >= 4 is 55.9 Å². The van der Waals surface area contributed by atoms with Crippen molar-refractivity contribution in [1.29, 1.82) is 5.41 Å². The van der Waals surface area contributed by atoms with Gasteiger partial charge in [-0.05, 0) is 28.1 Å². The summed E-state index contributed by atoms with van der Waals surface area (Å²) in [5, 5.41) is 10.9. The first-order valence-electron chi connectivity index (χ1n) is 6.88. The Balaban J connectivity index is 1.99. The van der Waals surface area contributed by atoms with Crippen molar-refractivity contribution in [3.63, 3.8) is 0 Å². The minimum atomic E-state index is -0.589. The molecule has 124 valence electrons. The van der Waals surface area contributed by atoms with Gasteiger partial charge in [0.15, 0.2) is 5.78 Å². The van der Waals surface area contributed by atoms with E-state index in [2.05, 4.69) is 20.9 Å². The van der Waals surface area contributed by atoms with Gasteiger partial charge in [-0.3, -0.25) is 10.2 Å². The molecule has 24 heavy (non-hydrogen) atoms. The number of hydrogen-bond donors (Lipinski definition) is 1. The number of ketones is 1. The average Bonchev–Trinajstić information content (AvgIpc) is 3.16. The lowest BCUT2D eigenvalue weighted by Gasteiger charge is -2.10. The first-order valence-corrected chi connectivity index (χ1v) is 9.37. The summed E-state index contributed by atoms with van der Waals surface area (Å²) in [5.74, 6) is 0.552. The highest BCUT2D eigenvalue weighted by Crippen LogP contribution is 2.42. The van der Waals surface area contributed by atoms with Crippen molar-refractivity contribution < 1.29 is 14.3 Å². The Morgan fingerprint density at radius 1 is 1.29 bits per heavy atom. The molecule has 0 saturated carbocycles. The lowest BCUT2D eigenvalue weighted by atomic mass is 10.0. The fraction of sp³-hybridized carbons (Fsp3) is 0.188. The van der Waals surface area contributed by atoms with Crippen LogP contribution in [0.15, 0.2) is 33.1 Å². The zero-order valence-corrected chi connectivity index (χ0v) is 16.0. The van der Waals surface area contributed by atoms with E-state index in [9.17, 15) is 4.79 Å². The number of halogens is 1. The largest absolute Gasteiger partial charge is 0.496 e. The predicted octanol–water partition coefficient (Wildman–Crippen LogP) is 4.34. The van der Waals surface area contributed by atoms with Gasteiger partial charge in [0, 0.05) is 23.2 Å². The SMILES string of the molecule is COc1cc(OC)c(C=C2SC(=N)C(c3nccs3)C2=O)cc1Br. The van der Waals surface area contributed by atoms with E-state index in [1.54, 1.807) is 32.6 Å². The molecule has 1 aromatic heterocycles. The van der Waals surface area contributed by atoms with Crippen LogP contribution >= 0.6 is 39.0 Å². The molecule has 1 unspecified atom stereocenters. The van der Waals surface area contributed by atoms with Crippen molar-refractivity contribution in [2.24, 2.45) is 0 Å². The van der Waals surface area contributed by atoms with Crippen LogP contribution in [0.3, 0.4) is 0 Å². The van der Waals surface area contributed by atoms with Gasteiger partial charge in [0.05, 0.1) is 28.6 Å². The zero-order chi connectivity index (χ0) is 17.3. The van der Waals surface area contributed by atoms with E-state index in [4.69, 9.17) is 14.9 Å². The fourth-order valence-corrected chi connectivity index (χ4v) is 4.65. The van der Waals surface area contributed by atoms with E-state index in [1.165, 1.54) is 23.1 Å². The minimum absolute atomic E-state index is 0.103. The molecule has 0 aliphatic carbocycles. The maximum atomic E-state index is 12.7. The van der Waals surface area contributed by atoms with Gasteiger partial charge in [-0.15, -0.1) is 11.3 Å². The molecule has 1 atom stereocenters. The monoisotopic (exact) mass is 424 g/mol. The van der Waals surface area contributed by atoms with Gasteiger partial charge in [0.1, 0.15) is 22.4 Å². The number of benzene rings is 1. The van der Waals surface area contributed by atoms with Crippen LogP contribution in [0.2, 0.25) is 0 Å². The lowest BCUT2D eigenvalue weighted by Crippen LogP contribution is -2.11. The molecule has 0 bridgehead atoms. The molecule has 2 aromatic rings. The lowest BCUT2D eigenvalue weighted by molar-refractivity contribution is -0.114. The van der Waals surface area contributed by atoms with Crippen LogP contribution in [0.25, 0.3) is 6.08 Å². The molecule has 0 amide bonds. The zero-order valence-electron chi connectivity index (χ0n) is 12.8. The van der Waals surface area contributed by atoms with Crippen LogP contribution in [0, 0.1) is 5.41 Å². The Morgan fingerprint density at radius 2 is 2.04 bits per heavy atom. The second-order valence-corrected chi connectivity index (χ2v) is 7.74. The van der Waals surface area contributed by atoms with Crippen molar-refractivity contribution in [1.82, 2.24) is 4.98 Å². The molecule has 1 aliphatic heterocycles. The number of thiazole rings is 1. The van der Waals surface area contributed by atoms with E-state index >= 15 is 0 Å². The first-order chi connectivity index (χ1) is 11.5. The fourth-order valence-electron chi connectivity index (χ4n) is 2.33. The summed E-state index contributed by atoms with van der Waals surface area (Å²) in [5.41, 5.74) is 0.744. The number of ether oxygens (including phenoxy) is 2. The van der Waals surface area contributed by atoms with Crippen LogP contribution in [-0.2, 0) is 4.79 Å². The topological polar surface area (TPSA) is 72.3 Å². The van der Waals surface area contributed by atoms with Gasteiger partial charge in [0.25, 0.3) is 0 Å². The number of hydrogen-bond acceptors (Lipinski definition) is 7. The summed E-state index contributed by atoms with van der Waals surface area (Å²) < 4.78 is 11.4. The first kappa shape index (κ1) is 17.2. The van der Waals surface area contributed by atoms with E-state index in [0.29, 0.717) is 26.5 Å². The highest BCUT2D eigenvalue weighted by atomic mass is 79.9. The number of thioether (sulfide) groups is 1. The molecule has 8 heteroatoms. The molecule has 3 rings (SSSR count). The highest BCUT2D eigenvalue weighted by Gasteiger charge is 2.38. The van der Waals surface area contributed by atoms with E-state index in [-0.39, 0.29) is 5.78 Å². The van der Waals surface area contributed by atoms with E-state index in [1.807, 2.05) is 11.4 Å². The standard InChI is InChI=1S/C16H13BrN2O3S2/c1-21-10-7-11(22-2)9(17)5-8(10)6-12-14(20)13(15(18)24-12)16-19-3-4-23-16/h3-7,13,18H,1-2H3. The summed E-state index contributed by atoms with van der Waals surface area (Å²) in [4.78, 5) is 17.4. The third-order valence-corrected chi connectivity index (χ3v) is 5.93. The van der Waals surface area contributed by atoms with Crippen LogP contribution in [0.5, 0.6) is 11.5 Å². The summed E-state index contributed by atoms with van der Waals surface area (Å²) >= 11 is 6.00. The van der Waals surface area contributed by atoms with Crippen LogP contribution < -0.4 is 9.47 Å². The third kappa shape index (κ3) is 3.13. The molecular weight excluding hydrogens is 412 g/mol. The second-order valence-electron chi connectivity index (χ2n) is 4.87. The minimum Gasteiger partial charge on any atom is -0.496 e. The molecule has 0 spiro atoms. The summed E-state index contributed by atoms with van der Waals surface area (Å²) in [6, 6.07) is 3.59. The van der Waals surface area contributed by atoms with Crippen molar-refractivity contribution in [3.8, 4) is 11.5 Å². The van der Waals surface area contributed by atoms with Gasteiger partial charge in [-0.2, -0.15) is 0 Å². The summed E-state index contributed by atoms with van der Waals surface area (Å²) in [7, 11) is 3.14. The molecular formula is C16H13BrN2O3S2. The summed E-state index contributed by atoms with van der Waals surface area (Å²) in [6.45, 7) is 0. The number of methoxy groups -OCH3 is 2. The van der Waals surface area contributed by atoms with Gasteiger partial charge in [-0.1, -0.05) is 11.8 Å². The summed E-state index contributed by atoms with van der Waals surface area (Å²) in [6.07, 6.45) is 3.40. The maximum absolute atomic E-state index is 12.7. The van der Waals surface area contributed by atoms with Crippen LogP contribution in [-0.4, -0.2) is 30.0 Å². The van der Waals surface area contributed by atoms with Crippen LogP contribution in [0.1, 0.15) is 16.5 Å². The molecule has 0 radical (unpaired) electrons. The van der Waals surface area contributed by atoms with E-state index < -0.39 is 5.92 Å². The van der Waals surface area contributed by atoms with E-state index in [0.717, 1.165) is 10.0 Å². The smallest absolute Gasteiger partial charge is 0.186 e. The average molecular weight is 425 g/mol. The second kappa shape index (κ2) is 7.08. The quantitative estimate of drug-likeness (QED) is 0.738.